The van der Waals surface area contributed by atoms with Gasteiger partial charge in [-0.3, -0.25) is 4.98 Å². The first-order valence-electron chi connectivity index (χ1n) is 6.17. The van der Waals surface area contributed by atoms with Crippen LogP contribution in [0.1, 0.15) is 27.3 Å². The monoisotopic (exact) mass is 276 g/mol. The molecule has 0 atom stereocenters. The number of rotatable bonds is 6. The van der Waals surface area contributed by atoms with Crippen molar-refractivity contribution in [3.05, 3.63) is 41.0 Å². The smallest absolute Gasteiger partial charge is 0.358 e. The van der Waals surface area contributed by atoms with Crippen molar-refractivity contribution in [2.75, 3.05) is 13.7 Å². The minimum absolute atomic E-state index is 0.0253. The van der Waals surface area contributed by atoms with E-state index in [0.29, 0.717) is 25.3 Å². The Morgan fingerprint density at radius 3 is 2.90 bits per heavy atom. The highest BCUT2D eigenvalue weighted by Crippen LogP contribution is 2.10. The molecule has 7 nitrogen and oxygen atoms in total. The third-order valence-corrected chi connectivity index (χ3v) is 2.85. The van der Waals surface area contributed by atoms with E-state index >= 15 is 0 Å². The van der Waals surface area contributed by atoms with E-state index in [9.17, 15) is 4.79 Å². The molecule has 2 aromatic heterocycles. The second-order valence-electron chi connectivity index (χ2n) is 4.46. The minimum atomic E-state index is -1.08. The Kier molecular flexibility index (Phi) is 4.41. The van der Waals surface area contributed by atoms with Crippen LogP contribution in [-0.4, -0.2) is 44.8 Å². The summed E-state index contributed by atoms with van der Waals surface area (Å²) in [4.78, 5) is 15.2. The molecule has 0 bridgehead atoms. The largest absolute Gasteiger partial charge is 0.476 e. The van der Waals surface area contributed by atoms with Gasteiger partial charge in [0.2, 0.25) is 0 Å². The first kappa shape index (κ1) is 14.1. The first-order chi connectivity index (χ1) is 9.61. The summed E-state index contributed by atoms with van der Waals surface area (Å²) in [7, 11) is 1.57. The van der Waals surface area contributed by atoms with Gasteiger partial charge >= 0.3 is 5.97 Å². The number of aryl methyl sites for hydroxylation is 1. The average Bonchev–Trinajstić information content (AvgIpc) is 2.79. The highest BCUT2D eigenvalue weighted by molar-refractivity contribution is 5.86. The van der Waals surface area contributed by atoms with Gasteiger partial charge in [0.15, 0.2) is 5.69 Å². The molecule has 2 heterocycles. The molecule has 2 aromatic rings. The predicted molar refractivity (Wildman–Crippen MR) is 70.6 cm³/mol. The highest BCUT2D eigenvalue weighted by atomic mass is 16.5. The Morgan fingerprint density at radius 1 is 1.45 bits per heavy atom. The van der Waals surface area contributed by atoms with Crippen molar-refractivity contribution < 1.29 is 14.6 Å². The summed E-state index contributed by atoms with van der Waals surface area (Å²) in [5.74, 6) is -1.08. The lowest BCUT2D eigenvalue weighted by Crippen LogP contribution is -2.12. The standard InChI is InChI=1S/C13H16N4O3/c1-9-5-10(7-14-6-9)8-17-11(3-4-20-2)12(13(18)19)15-16-17/h5-7H,3-4,8H2,1-2H3,(H,18,19). The van der Waals surface area contributed by atoms with E-state index < -0.39 is 5.97 Å². The summed E-state index contributed by atoms with van der Waals surface area (Å²) in [6, 6.07) is 1.98. The van der Waals surface area contributed by atoms with Crippen LogP contribution in [0.5, 0.6) is 0 Å². The zero-order valence-electron chi connectivity index (χ0n) is 11.4. The van der Waals surface area contributed by atoms with Gasteiger partial charge in [0.05, 0.1) is 18.8 Å². The summed E-state index contributed by atoms with van der Waals surface area (Å²) >= 11 is 0. The van der Waals surface area contributed by atoms with Crippen LogP contribution in [0.3, 0.4) is 0 Å². The van der Waals surface area contributed by atoms with Crippen LogP contribution < -0.4 is 0 Å². The maximum absolute atomic E-state index is 11.1. The molecule has 0 aliphatic heterocycles. The van der Waals surface area contributed by atoms with Gasteiger partial charge in [-0.1, -0.05) is 11.3 Å². The highest BCUT2D eigenvalue weighted by Gasteiger charge is 2.18. The van der Waals surface area contributed by atoms with Gasteiger partial charge in [-0.05, 0) is 18.1 Å². The van der Waals surface area contributed by atoms with Crippen molar-refractivity contribution in [2.45, 2.75) is 19.9 Å². The van der Waals surface area contributed by atoms with E-state index in [4.69, 9.17) is 9.84 Å². The van der Waals surface area contributed by atoms with Crippen LogP contribution in [0.15, 0.2) is 18.5 Å². The molecular weight excluding hydrogens is 260 g/mol. The molecule has 0 radical (unpaired) electrons. The third-order valence-electron chi connectivity index (χ3n) is 2.85. The number of hydrogen-bond acceptors (Lipinski definition) is 5. The van der Waals surface area contributed by atoms with Crippen molar-refractivity contribution in [1.82, 2.24) is 20.0 Å². The molecule has 7 heteroatoms. The van der Waals surface area contributed by atoms with Gasteiger partial charge in [-0.15, -0.1) is 5.10 Å². The van der Waals surface area contributed by atoms with Crippen LogP contribution >= 0.6 is 0 Å². The Labute approximate surface area is 116 Å². The SMILES string of the molecule is COCCc1c(C(=O)O)nnn1Cc1cncc(C)c1. The second-order valence-corrected chi connectivity index (χ2v) is 4.46. The fraction of sp³-hybridized carbons (Fsp3) is 0.385. The predicted octanol–water partition coefficient (Wildman–Crippen LogP) is 0.917. The van der Waals surface area contributed by atoms with Gasteiger partial charge in [-0.2, -0.15) is 0 Å². The summed E-state index contributed by atoms with van der Waals surface area (Å²) in [5.41, 5.74) is 2.52. The molecule has 0 aliphatic carbocycles. The van der Waals surface area contributed by atoms with E-state index in [1.54, 1.807) is 24.2 Å². The number of aromatic nitrogens is 4. The topological polar surface area (TPSA) is 90.1 Å². The summed E-state index contributed by atoms with van der Waals surface area (Å²) in [6.45, 7) is 2.81. The molecule has 0 spiro atoms. The van der Waals surface area contributed by atoms with Gasteiger partial charge in [-0.25, -0.2) is 9.48 Å². The van der Waals surface area contributed by atoms with E-state index in [2.05, 4.69) is 15.3 Å². The Balaban J connectivity index is 2.28. The molecule has 0 saturated carbocycles. The zero-order chi connectivity index (χ0) is 14.5. The summed E-state index contributed by atoms with van der Waals surface area (Å²) < 4.78 is 6.58. The molecule has 20 heavy (non-hydrogen) atoms. The fourth-order valence-electron chi connectivity index (χ4n) is 1.95. The lowest BCUT2D eigenvalue weighted by Gasteiger charge is -2.07. The quantitative estimate of drug-likeness (QED) is 0.843. The summed E-state index contributed by atoms with van der Waals surface area (Å²) in [6.07, 6.45) is 3.94. The maximum Gasteiger partial charge on any atom is 0.358 e. The number of hydrogen-bond donors (Lipinski definition) is 1. The van der Waals surface area contributed by atoms with Crippen molar-refractivity contribution in [3.8, 4) is 0 Å². The molecule has 0 aliphatic rings. The van der Waals surface area contributed by atoms with Crippen LogP contribution in [-0.2, 0) is 17.7 Å². The number of carboxylic acid groups (broad SMARTS) is 1. The number of aromatic carboxylic acids is 1. The lowest BCUT2D eigenvalue weighted by molar-refractivity contribution is 0.0688. The van der Waals surface area contributed by atoms with Crippen molar-refractivity contribution >= 4 is 5.97 Å². The zero-order valence-corrected chi connectivity index (χ0v) is 11.4. The molecule has 0 amide bonds. The molecule has 0 unspecified atom stereocenters. The molecule has 0 fully saturated rings. The maximum atomic E-state index is 11.1. The average molecular weight is 276 g/mol. The van der Waals surface area contributed by atoms with E-state index in [1.165, 1.54) is 0 Å². The Hall–Kier alpha value is -2.28. The van der Waals surface area contributed by atoms with Crippen LogP contribution in [0, 0.1) is 6.92 Å². The van der Waals surface area contributed by atoms with Crippen LogP contribution in [0.2, 0.25) is 0 Å². The number of pyridine rings is 1. The number of methoxy groups -OCH3 is 1. The van der Waals surface area contributed by atoms with Gasteiger partial charge in [0.1, 0.15) is 0 Å². The molecule has 106 valence electrons. The van der Waals surface area contributed by atoms with E-state index in [-0.39, 0.29) is 5.69 Å². The second kappa shape index (κ2) is 6.25. The van der Waals surface area contributed by atoms with E-state index in [1.807, 2.05) is 13.0 Å². The minimum Gasteiger partial charge on any atom is -0.476 e. The van der Waals surface area contributed by atoms with E-state index in [0.717, 1.165) is 11.1 Å². The first-order valence-corrected chi connectivity index (χ1v) is 6.17. The number of nitrogens with zero attached hydrogens (tertiary/aromatic N) is 4. The molecule has 1 N–H and O–H groups in total. The van der Waals surface area contributed by atoms with Gasteiger partial charge < -0.3 is 9.84 Å². The van der Waals surface area contributed by atoms with Crippen molar-refractivity contribution in [1.29, 1.82) is 0 Å². The molecule has 0 saturated heterocycles. The van der Waals surface area contributed by atoms with Crippen LogP contribution in [0.25, 0.3) is 0 Å². The van der Waals surface area contributed by atoms with Crippen molar-refractivity contribution in [2.24, 2.45) is 0 Å². The van der Waals surface area contributed by atoms with Crippen molar-refractivity contribution in [3.63, 3.8) is 0 Å². The third kappa shape index (κ3) is 3.18. The summed E-state index contributed by atoms with van der Waals surface area (Å²) in [5, 5.41) is 16.8. The molecular formula is C13H16N4O3. The molecule has 2 rings (SSSR count). The Bertz CT molecular complexity index is 609. The lowest BCUT2D eigenvalue weighted by atomic mass is 10.2. The van der Waals surface area contributed by atoms with Gasteiger partial charge in [0, 0.05) is 25.9 Å². The number of carbonyl (C=O) groups is 1. The Morgan fingerprint density at radius 2 is 2.25 bits per heavy atom. The number of ether oxygens (including phenoxy) is 1. The van der Waals surface area contributed by atoms with Crippen LogP contribution in [0.4, 0.5) is 0 Å². The van der Waals surface area contributed by atoms with Gasteiger partial charge in [0.25, 0.3) is 0 Å². The normalized spacial score (nSPS) is 10.7. The number of carboxylic acids is 1. The molecule has 0 aromatic carbocycles. The fourth-order valence-corrected chi connectivity index (χ4v) is 1.95.